The smallest absolute Gasteiger partial charge is 0.123 e. The van der Waals surface area contributed by atoms with Crippen LogP contribution in [0.3, 0.4) is 0 Å². The summed E-state index contributed by atoms with van der Waals surface area (Å²) < 4.78 is 5.48. The molecule has 0 aromatic heterocycles. The Kier molecular flexibility index (Phi) is 4.43. The third-order valence-electron chi connectivity index (χ3n) is 2.00. The monoisotopic (exact) mass is 195 g/mol. The lowest BCUT2D eigenvalue weighted by Crippen LogP contribution is -2.05. The largest absolute Gasteiger partial charge is 0.493 e. The van der Waals surface area contributed by atoms with E-state index in [1.54, 1.807) is 0 Å². The molecule has 0 atom stereocenters. The number of aliphatic hydroxyl groups is 1. The van der Waals surface area contributed by atoms with Crippen LogP contribution in [-0.4, -0.2) is 18.3 Å². The van der Waals surface area contributed by atoms with E-state index in [0.29, 0.717) is 19.6 Å². The molecule has 0 fully saturated rings. The maximum absolute atomic E-state index is 8.61. The Bertz CT molecular complexity index is 287. The number of ether oxygens (including phenoxy) is 1. The summed E-state index contributed by atoms with van der Waals surface area (Å²) in [6, 6.07) is 5.94. The van der Waals surface area contributed by atoms with Crippen molar-refractivity contribution in [2.45, 2.75) is 19.9 Å². The van der Waals surface area contributed by atoms with Gasteiger partial charge in [-0.25, -0.2) is 0 Å². The van der Waals surface area contributed by atoms with Crippen LogP contribution >= 0.6 is 0 Å². The topological polar surface area (TPSA) is 55.5 Å². The van der Waals surface area contributed by atoms with Gasteiger partial charge in [0.05, 0.1) is 6.61 Å². The highest BCUT2D eigenvalue weighted by Gasteiger charge is 2.01. The first-order valence-electron chi connectivity index (χ1n) is 4.81. The van der Waals surface area contributed by atoms with Crippen molar-refractivity contribution < 1.29 is 9.84 Å². The Labute approximate surface area is 84.5 Å². The Balaban J connectivity index is 2.65. The number of nitrogens with two attached hydrogens (primary N) is 1. The maximum Gasteiger partial charge on any atom is 0.123 e. The van der Waals surface area contributed by atoms with Crippen LogP contribution in [-0.2, 0) is 6.54 Å². The van der Waals surface area contributed by atoms with E-state index in [-0.39, 0.29) is 6.61 Å². The van der Waals surface area contributed by atoms with Crippen LogP contribution in [0.1, 0.15) is 17.5 Å². The lowest BCUT2D eigenvalue weighted by molar-refractivity contribution is 0.232. The van der Waals surface area contributed by atoms with Gasteiger partial charge in [0.1, 0.15) is 5.75 Å². The quantitative estimate of drug-likeness (QED) is 0.694. The Morgan fingerprint density at radius 2 is 2.21 bits per heavy atom. The van der Waals surface area contributed by atoms with Crippen molar-refractivity contribution in [3.63, 3.8) is 0 Å². The van der Waals surface area contributed by atoms with Crippen LogP contribution in [0.15, 0.2) is 18.2 Å². The highest BCUT2D eigenvalue weighted by Crippen LogP contribution is 2.19. The molecule has 0 heterocycles. The summed E-state index contributed by atoms with van der Waals surface area (Å²) in [4.78, 5) is 0. The molecule has 3 N–H and O–H groups in total. The second-order valence-electron chi connectivity index (χ2n) is 3.24. The molecule has 3 heteroatoms. The Morgan fingerprint density at radius 3 is 2.86 bits per heavy atom. The molecule has 0 bridgehead atoms. The van der Waals surface area contributed by atoms with E-state index in [1.807, 2.05) is 25.1 Å². The molecule has 1 aromatic rings. The minimum atomic E-state index is 0.157. The lowest BCUT2D eigenvalue weighted by atomic mass is 10.1. The minimum absolute atomic E-state index is 0.157. The molecule has 1 rings (SSSR count). The number of hydrogen-bond acceptors (Lipinski definition) is 3. The molecule has 0 aliphatic heterocycles. The van der Waals surface area contributed by atoms with Gasteiger partial charge in [-0.3, -0.25) is 0 Å². The van der Waals surface area contributed by atoms with E-state index >= 15 is 0 Å². The van der Waals surface area contributed by atoms with Crippen molar-refractivity contribution in [3.8, 4) is 5.75 Å². The van der Waals surface area contributed by atoms with E-state index in [0.717, 1.165) is 11.3 Å². The van der Waals surface area contributed by atoms with E-state index in [9.17, 15) is 0 Å². The molecular weight excluding hydrogens is 178 g/mol. The van der Waals surface area contributed by atoms with Crippen molar-refractivity contribution in [2.24, 2.45) is 5.73 Å². The fourth-order valence-corrected chi connectivity index (χ4v) is 1.26. The van der Waals surface area contributed by atoms with Crippen molar-refractivity contribution in [1.29, 1.82) is 0 Å². The van der Waals surface area contributed by atoms with Gasteiger partial charge < -0.3 is 15.6 Å². The summed E-state index contributed by atoms with van der Waals surface area (Å²) in [5, 5.41) is 8.61. The first-order chi connectivity index (χ1) is 6.77. The molecule has 0 unspecified atom stereocenters. The summed E-state index contributed by atoms with van der Waals surface area (Å²) in [5.41, 5.74) is 7.79. The molecule has 0 saturated heterocycles. The average molecular weight is 195 g/mol. The standard InChI is InChI=1S/C11H17NO2/c1-9-3-4-11(10(7-9)8-12)14-6-2-5-13/h3-4,7,13H,2,5-6,8,12H2,1H3. The van der Waals surface area contributed by atoms with E-state index in [4.69, 9.17) is 15.6 Å². The highest BCUT2D eigenvalue weighted by molar-refractivity contribution is 5.36. The molecule has 14 heavy (non-hydrogen) atoms. The Morgan fingerprint density at radius 1 is 1.43 bits per heavy atom. The van der Waals surface area contributed by atoms with E-state index in [1.165, 1.54) is 5.56 Å². The van der Waals surface area contributed by atoms with Gasteiger partial charge in [-0.2, -0.15) is 0 Å². The normalized spacial score (nSPS) is 10.2. The number of aliphatic hydroxyl groups excluding tert-OH is 1. The number of benzene rings is 1. The third kappa shape index (κ3) is 3.01. The van der Waals surface area contributed by atoms with Gasteiger partial charge in [-0.05, 0) is 13.0 Å². The highest BCUT2D eigenvalue weighted by atomic mass is 16.5. The molecule has 0 aliphatic rings. The van der Waals surface area contributed by atoms with Gasteiger partial charge in [-0.1, -0.05) is 17.7 Å². The molecule has 0 saturated carbocycles. The van der Waals surface area contributed by atoms with Gasteiger partial charge in [0.15, 0.2) is 0 Å². The molecular formula is C11H17NO2. The fraction of sp³-hybridized carbons (Fsp3) is 0.455. The van der Waals surface area contributed by atoms with Crippen LogP contribution in [0.2, 0.25) is 0 Å². The summed E-state index contributed by atoms with van der Waals surface area (Å²) in [5.74, 6) is 0.826. The molecule has 0 spiro atoms. The molecule has 78 valence electrons. The van der Waals surface area contributed by atoms with Crippen LogP contribution in [0.25, 0.3) is 0 Å². The summed E-state index contributed by atoms with van der Waals surface area (Å²) in [7, 11) is 0. The van der Waals surface area contributed by atoms with Crippen LogP contribution < -0.4 is 10.5 Å². The summed E-state index contributed by atoms with van der Waals surface area (Å²) in [6.07, 6.45) is 0.651. The molecule has 0 radical (unpaired) electrons. The lowest BCUT2D eigenvalue weighted by Gasteiger charge is -2.10. The van der Waals surface area contributed by atoms with E-state index < -0.39 is 0 Å². The second kappa shape index (κ2) is 5.62. The first-order valence-corrected chi connectivity index (χ1v) is 4.81. The zero-order chi connectivity index (χ0) is 10.4. The van der Waals surface area contributed by atoms with Crippen LogP contribution in [0.4, 0.5) is 0 Å². The van der Waals surface area contributed by atoms with Gasteiger partial charge in [0.25, 0.3) is 0 Å². The molecule has 0 aliphatic carbocycles. The predicted molar refractivity (Wildman–Crippen MR) is 56.3 cm³/mol. The summed E-state index contributed by atoms with van der Waals surface area (Å²) in [6.45, 7) is 3.20. The van der Waals surface area contributed by atoms with E-state index in [2.05, 4.69) is 0 Å². The zero-order valence-electron chi connectivity index (χ0n) is 8.49. The van der Waals surface area contributed by atoms with Gasteiger partial charge in [-0.15, -0.1) is 0 Å². The van der Waals surface area contributed by atoms with Crippen LogP contribution in [0, 0.1) is 6.92 Å². The Hall–Kier alpha value is -1.06. The van der Waals surface area contributed by atoms with Crippen molar-refractivity contribution in [2.75, 3.05) is 13.2 Å². The average Bonchev–Trinajstić information content (AvgIpc) is 2.20. The molecule has 0 amide bonds. The molecule has 3 nitrogen and oxygen atoms in total. The van der Waals surface area contributed by atoms with Gasteiger partial charge in [0.2, 0.25) is 0 Å². The number of hydrogen-bond donors (Lipinski definition) is 2. The van der Waals surface area contributed by atoms with Gasteiger partial charge >= 0.3 is 0 Å². The first kappa shape index (κ1) is 11.0. The fourth-order valence-electron chi connectivity index (χ4n) is 1.26. The maximum atomic E-state index is 8.61. The minimum Gasteiger partial charge on any atom is -0.493 e. The summed E-state index contributed by atoms with van der Waals surface area (Å²) >= 11 is 0. The van der Waals surface area contributed by atoms with Crippen LogP contribution in [0.5, 0.6) is 5.75 Å². The molecule has 1 aromatic carbocycles. The second-order valence-corrected chi connectivity index (χ2v) is 3.24. The zero-order valence-corrected chi connectivity index (χ0v) is 8.49. The van der Waals surface area contributed by atoms with Crippen molar-refractivity contribution in [3.05, 3.63) is 29.3 Å². The number of aryl methyl sites for hydroxylation is 1. The predicted octanol–water partition coefficient (Wildman–Crippen LogP) is 1.21. The van der Waals surface area contributed by atoms with Crippen molar-refractivity contribution in [1.82, 2.24) is 0 Å². The SMILES string of the molecule is Cc1ccc(OCCCO)c(CN)c1. The van der Waals surface area contributed by atoms with Gasteiger partial charge in [0, 0.05) is 25.1 Å². The third-order valence-corrected chi connectivity index (χ3v) is 2.00. The van der Waals surface area contributed by atoms with Crippen molar-refractivity contribution >= 4 is 0 Å². The number of rotatable bonds is 5.